The Morgan fingerprint density at radius 1 is 1.28 bits per heavy atom. The first-order valence-electron chi connectivity index (χ1n) is 7.15. The first-order valence-corrected chi connectivity index (χ1v) is 7.15. The van der Waals surface area contributed by atoms with Crippen molar-refractivity contribution >= 4 is 5.91 Å². The summed E-state index contributed by atoms with van der Waals surface area (Å²) in [6, 6.07) is 4.32. The lowest BCUT2D eigenvalue weighted by Gasteiger charge is -2.23. The molecule has 3 rings (SSSR count). The fourth-order valence-electron chi connectivity index (χ4n) is 2.96. The quantitative estimate of drug-likeness (QED) is 0.799. The molecule has 3 heteroatoms. The van der Waals surface area contributed by atoms with Crippen LogP contribution in [0.5, 0.6) is 0 Å². The van der Waals surface area contributed by atoms with Crippen LogP contribution in [0.25, 0.3) is 0 Å². The van der Waals surface area contributed by atoms with Gasteiger partial charge in [-0.25, -0.2) is 0 Å². The zero-order valence-electron chi connectivity index (χ0n) is 10.8. The Bertz CT molecular complexity index is 389. The lowest BCUT2D eigenvalue weighted by Crippen LogP contribution is -2.33. The minimum Gasteiger partial charge on any atom is -0.467 e. The van der Waals surface area contributed by atoms with Crippen LogP contribution in [-0.4, -0.2) is 16.8 Å². The third-order valence-electron chi connectivity index (χ3n) is 4.15. The number of hydrogen-bond donors (Lipinski definition) is 0. The molecular formula is C15H21NO2. The number of nitrogens with zero attached hydrogens (tertiary/aromatic N) is 1. The Morgan fingerprint density at radius 2 is 2.06 bits per heavy atom. The van der Waals surface area contributed by atoms with Crippen molar-refractivity contribution in [2.24, 2.45) is 5.92 Å². The maximum absolute atomic E-state index is 12.4. The summed E-state index contributed by atoms with van der Waals surface area (Å²) in [5, 5.41) is 0. The number of carbonyl (C=O) groups excluding carboxylic acids is 1. The molecule has 0 radical (unpaired) electrons. The fraction of sp³-hybridized carbons (Fsp3) is 0.667. The minimum absolute atomic E-state index is 0.334. The van der Waals surface area contributed by atoms with Crippen molar-refractivity contribution in [3.05, 3.63) is 24.2 Å². The molecule has 2 aliphatic carbocycles. The maximum Gasteiger partial charge on any atom is 0.223 e. The standard InChI is InChI=1S/C15H21NO2/c17-15(10-12-4-1-2-5-12)16(13-7-8-13)11-14-6-3-9-18-14/h3,6,9,12-13H,1-2,4-5,7-8,10-11H2. The molecule has 0 atom stereocenters. The van der Waals surface area contributed by atoms with Crippen LogP contribution in [0.4, 0.5) is 0 Å². The number of rotatable bonds is 5. The molecule has 0 bridgehead atoms. The summed E-state index contributed by atoms with van der Waals surface area (Å²) < 4.78 is 5.37. The van der Waals surface area contributed by atoms with E-state index in [0.717, 1.165) is 25.0 Å². The zero-order chi connectivity index (χ0) is 12.4. The van der Waals surface area contributed by atoms with Crippen LogP contribution in [0, 0.1) is 5.92 Å². The lowest BCUT2D eigenvalue weighted by molar-refractivity contribution is -0.133. The third kappa shape index (κ3) is 2.77. The van der Waals surface area contributed by atoms with Crippen molar-refractivity contribution in [1.82, 2.24) is 4.90 Å². The Hall–Kier alpha value is -1.25. The SMILES string of the molecule is O=C(CC1CCCC1)N(Cc1ccco1)C1CC1. The van der Waals surface area contributed by atoms with E-state index in [-0.39, 0.29) is 0 Å². The Morgan fingerprint density at radius 3 is 2.67 bits per heavy atom. The van der Waals surface area contributed by atoms with E-state index in [0.29, 0.717) is 24.4 Å². The van der Waals surface area contributed by atoms with Gasteiger partial charge in [0.05, 0.1) is 12.8 Å². The first-order chi connectivity index (χ1) is 8.83. The van der Waals surface area contributed by atoms with Gasteiger partial charge in [0.2, 0.25) is 5.91 Å². The van der Waals surface area contributed by atoms with E-state index in [4.69, 9.17) is 4.42 Å². The van der Waals surface area contributed by atoms with Crippen molar-refractivity contribution < 1.29 is 9.21 Å². The molecule has 98 valence electrons. The molecule has 1 amide bonds. The predicted octanol–water partition coefficient (Wildman–Crippen LogP) is 3.35. The van der Waals surface area contributed by atoms with Gasteiger partial charge in [-0.15, -0.1) is 0 Å². The normalized spacial score (nSPS) is 20.2. The van der Waals surface area contributed by atoms with Gasteiger partial charge in [-0.2, -0.15) is 0 Å². The van der Waals surface area contributed by atoms with Crippen LogP contribution >= 0.6 is 0 Å². The van der Waals surface area contributed by atoms with E-state index < -0.39 is 0 Å². The van der Waals surface area contributed by atoms with E-state index >= 15 is 0 Å². The van der Waals surface area contributed by atoms with E-state index in [9.17, 15) is 4.79 Å². The van der Waals surface area contributed by atoms with Crippen molar-refractivity contribution in [2.75, 3.05) is 0 Å². The highest BCUT2D eigenvalue weighted by Crippen LogP contribution is 2.32. The molecule has 2 fully saturated rings. The highest BCUT2D eigenvalue weighted by atomic mass is 16.3. The summed E-state index contributed by atoms with van der Waals surface area (Å²) in [6.45, 7) is 0.656. The van der Waals surface area contributed by atoms with Crippen molar-refractivity contribution in [1.29, 1.82) is 0 Å². The highest BCUT2D eigenvalue weighted by molar-refractivity contribution is 5.77. The monoisotopic (exact) mass is 247 g/mol. The second-order valence-electron chi connectivity index (χ2n) is 5.69. The fourth-order valence-corrected chi connectivity index (χ4v) is 2.96. The van der Waals surface area contributed by atoms with E-state index in [1.165, 1.54) is 25.7 Å². The molecule has 2 saturated carbocycles. The molecule has 1 aromatic rings. The summed E-state index contributed by atoms with van der Waals surface area (Å²) in [7, 11) is 0. The zero-order valence-corrected chi connectivity index (χ0v) is 10.8. The molecule has 18 heavy (non-hydrogen) atoms. The second-order valence-corrected chi connectivity index (χ2v) is 5.69. The molecule has 3 nitrogen and oxygen atoms in total. The number of amides is 1. The van der Waals surface area contributed by atoms with Crippen LogP contribution in [0.1, 0.15) is 50.7 Å². The van der Waals surface area contributed by atoms with Crippen LogP contribution in [0.15, 0.2) is 22.8 Å². The van der Waals surface area contributed by atoms with Crippen LogP contribution in [-0.2, 0) is 11.3 Å². The molecular weight excluding hydrogens is 226 g/mol. The predicted molar refractivity (Wildman–Crippen MR) is 68.9 cm³/mol. The van der Waals surface area contributed by atoms with Gasteiger partial charge >= 0.3 is 0 Å². The third-order valence-corrected chi connectivity index (χ3v) is 4.15. The Labute approximate surface area is 108 Å². The topological polar surface area (TPSA) is 33.5 Å². The number of hydrogen-bond acceptors (Lipinski definition) is 2. The maximum atomic E-state index is 12.4. The molecule has 0 spiro atoms. The van der Waals surface area contributed by atoms with Gasteiger partial charge in [0.25, 0.3) is 0 Å². The Kier molecular flexibility index (Phi) is 3.39. The summed E-state index contributed by atoms with van der Waals surface area (Å²) in [5.41, 5.74) is 0. The van der Waals surface area contributed by atoms with Crippen molar-refractivity contribution in [3.8, 4) is 0 Å². The van der Waals surface area contributed by atoms with Gasteiger partial charge in [-0.05, 0) is 43.7 Å². The molecule has 1 heterocycles. The van der Waals surface area contributed by atoms with Gasteiger partial charge in [0.15, 0.2) is 0 Å². The summed E-state index contributed by atoms with van der Waals surface area (Å²) >= 11 is 0. The molecule has 0 aromatic carbocycles. The van der Waals surface area contributed by atoms with Gasteiger partial charge in [0.1, 0.15) is 5.76 Å². The first kappa shape index (κ1) is 11.8. The van der Waals surface area contributed by atoms with E-state index in [1.54, 1.807) is 6.26 Å². The minimum atomic E-state index is 0.334. The van der Waals surface area contributed by atoms with Crippen LogP contribution in [0.3, 0.4) is 0 Å². The molecule has 0 unspecified atom stereocenters. The second kappa shape index (κ2) is 5.17. The molecule has 2 aliphatic rings. The molecule has 0 saturated heterocycles. The number of carbonyl (C=O) groups is 1. The van der Waals surface area contributed by atoms with Gasteiger partial charge in [0, 0.05) is 12.5 Å². The molecule has 1 aromatic heterocycles. The summed E-state index contributed by atoms with van der Waals surface area (Å²) in [4.78, 5) is 14.4. The van der Waals surface area contributed by atoms with Gasteiger partial charge in [-0.1, -0.05) is 12.8 Å². The average molecular weight is 247 g/mol. The van der Waals surface area contributed by atoms with Crippen molar-refractivity contribution in [3.63, 3.8) is 0 Å². The van der Waals surface area contributed by atoms with Crippen LogP contribution < -0.4 is 0 Å². The summed E-state index contributed by atoms with van der Waals surface area (Å²) in [6.07, 6.45) is 9.85. The van der Waals surface area contributed by atoms with Gasteiger partial charge < -0.3 is 9.32 Å². The van der Waals surface area contributed by atoms with E-state index in [2.05, 4.69) is 0 Å². The summed E-state index contributed by atoms with van der Waals surface area (Å²) in [5.74, 6) is 1.87. The number of furan rings is 1. The lowest BCUT2D eigenvalue weighted by atomic mass is 10.0. The molecule has 0 aliphatic heterocycles. The highest BCUT2D eigenvalue weighted by Gasteiger charge is 2.34. The van der Waals surface area contributed by atoms with E-state index in [1.807, 2.05) is 17.0 Å². The van der Waals surface area contributed by atoms with Crippen molar-refractivity contribution in [2.45, 2.75) is 57.5 Å². The van der Waals surface area contributed by atoms with Crippen LogP contribution in [0.2, 0.25) is 0 Å². The molecule has 0 N–H and O–H groups in total. The van der Waals surface area contributed by atoms with Gasteiger partial charge in [-0.3, -0.25) is 4.79 Å². The largest absolute Gasteiger partial charge is 0.467 e. The smallest absolute Gasteiger partial charge is 0.223 e. The Balaban J connectivity index is 1.60. The average Bonchev–Trinajstić information content (AvgIpc) is 2.87.